The third kappa shape index (κ3) is 3.61. The first kappa shape index (κ1) is 15.9. The summed E-state index contributed by atoms with van der Waals surface area (Å²) >= 11 is 0. The fraction of sp³-hybridized carbons (Fsp3) is 0.579. The molecule has 2 rings (SSSR count). The van der Waals surface area contributed by atoms with Crippen LogP contribution in [0, 0.1) is 5.92 Å². The molecule has 0 bridgehead atoms. The molecule has 0 aliphatic heterocycles. The van der Waals surface area contributed by atoms with Crippen LogP contribution < -0.4 is 10.6 Å². The van der Waals surface area contributed by atoms with Gasteiger partial charge in [0.05, 0.1) is 0 Å². The molecule has 1 aliphatic rings. The Labute approximate surface area is 130 Å². The Kier molecular flexibility index (Phi) is 5.33. The van der Waals surface area contributed by atoms with E-state index in [2.05, 4.69) is 44.1 Å². The Hall–Kier alpha value is -1.44. The van der Waals surface area contributed by atoms with Crippen LogP contribution in [0.4, 0.5) is 11.4 Å². The van der Waals surface area contributed by atoms with Gasteiger partial charge in [0.1, 0.15) is 0 Å². The molecule has 0 fully saturated rings. The van der Waals surface area contributed by atoms with Crippen LogP contribution in [0.2, 0.25) is 0 Å². The summed E-state index contributed by atoms with van der Waals surface area (Å²) in [4.78, 5) is 0. The summed E-state index contributed by atoms with van der Waals surface area (Å²) in [7, 11) is 2.02. The van der Waals surface area contributed by atoms with Crippen LogP contribution in [0.1, 0.15) is 56.7 Å². The van der Waals surface area contributed by atoms with Crippen molar-refractivity contribution in [3.05, 3.63) is 29.3 Å². The van der Waals surface area contributed by atoms with Crippen molar-refractivity contribution < 1.29 is 0 Å². The Bertz CT molecular complexity index is 503. The van der Waals surface area contributed by atoms with Gasteiger partial charge < -0.3 is 10.6 Å². The van der Waals surface area contributed by atoms with Crippen molar-refractivity contribution in [2.45, 2.75) is 58.9 Å². The largest absolute Gasteiger partial charge is 0.387 e. The second-order valence-corrected chi connectivity index (χ2v) is 6.68. The molecule has 1 aromatic carbocycles. The van der Waals surface area contributed by atoms with E-state index >= 15 is 0 Å². The fourth-order valence-electron chi connectivity index (χ4n) is 3.58. The SMILES string of the molecule is C=Cc1cc(NC(C)CC(C)C)c2c(c1NC)CCCC2. The topological polar surface area (TPSA) is 24.1 Å². The van der Waals surface area contributed by atoms with Crippen LogP contribution in [0.5, 0.6) is 0 Å². The van der Waals surface area contributed by atoms with E-state index in [0.29, 0.717) is 6.04 Å². The van der Waals surface area contributed by atoms with Gasteiger partial charge in [-0.2, -0.15) is 0 Å². The summed E-state index contributed by atoms with van der Waals surface area (Å²) in [6, 6.07) is 2.79. The van der Waals surface area contributed by atoms with Gasteiger partial charge in [-0.3, -0.25) is 0 Å². The Morgan fingerprint density at radius 3 is 2.43 bits per heavy atom. The first-order valence-corrected chi connectivity index (χ1v) is 8.32. The van der Waals surface area contributed by atoms with E-state index in [-0.39, 0.29) is 0 Å². The van der Waals surface area contributed by atoms with Gasteiger partial charge in [-0.15, -0.1) is 0 Å². The van der Waals surface area contributed by atoms with Gasteiger partial charge in [0.15, 0.2) is 0 Å². The van der Waals surface area contributed by atoms with Gasteiger partial charge in [-0.25, -0.2) is 0 Å². The third-order valence-corrected chi connectivity index (χ3v) is 4.38. The molecule has 1 atom stereocenters. The maximum Gasteiger partial charge on any atom is 0.0447 e. The van der Waals surface area contributed by atoms with Crippen molar-refractivity contribution in [2.75, 3.05) is 17.7 Å². The number of hydrogen-bond acceptors (Lipinski definition) is 2. The van der Waals surface area contributed by atoms with E-state index < -0.39 is 0 Å². The normalized spacial score (nSPS) is 15.5. The van der Waals surface area contributed by atoms with Crippen LogP contribution in [0.25, 0.3) is 6.08 Å². The highest BCUT2D eigenvalue weighted by Crippen LogP contribution is 2.37. The molecule has 1 aliphatic carbocycles. The van der Waals surface area contributed by atoms with Gasteiger partial charge in [-0.1, -0.05) is 26.5 Å². The van der Waals surface area contributed by atoms with Crippen LogP contribution >= 0.6 is 0 Å². The number of benzene rings is 1. The van der Waals surface area contributed by atoms with Gasteiger partial charge in [0, 0.05) is 24.5 Å². The van der Waals surface area contributed by atoms with Gasteiger partial charge >= 0.3 is 0 Å². The molecule has 2 heteroatoms. The van der Waals surface area contributed by atoms with Crippen LogP contribution in [-0.4, -0.2) is 13.1 Å². The zero-order chi connectivity index (χ0) is 15.4. The molecule has 0 aromatic heterocycles. The number of anilines is 2. The fourth-order valence-corrected chi connectivity index (χ4v) is 3.58. The van der Waals surface area contributed by atoms with E-state index in [4.69, 9.17) is 0 Å². The average molecular weight is 286 g/mol. The summed E-state index contributed by atoms with van der Waals surface area (Å²) in [6.45, 7) is 10.8. The summed E-state index contributed by atoms with van der Waals surface area (Å²) in [5.41, 5.74) is 6.85. The van der Waals surface area contributed by atoms with E-state index in [1.807, 2.05) is 13.1 Å². The van der Waals surface area contributed by atoms with E-state index in [1.54, 1.807) is 0 Å². The predicted molar refractivity (Wildman–Crippen MR) is 95.3 cm³/mol. The highest BCUT2D eigenvalue weighted by atomic mass is 14.9. The smallest absolute Gasteiger partial charge is 0.0447 e. The standard InChI is InChI=1S/C19H30N2/c1-6-15-12-18(21-14(4)11-13(2)3)16-9-7-8-10-17(16)19(15)20-5/h6,12-14,20-21H,1,7-11H2,2-5H3. The van der Waals surface area contributed by atoms with Gasteiger partial charge in [0.25, 0.3) is 0 Å². The Balaban J connectivity index is 2.38. The highest BCUT2D eigenvalue weighted by Gasteiger charge is 2.20. The van der Waals surface area contributed by atoms with Gasteiger partial charge in [-0.05, 0) is 67.7 Å². The molecule has 1 unspecified atom stereocenters. The van der Waals surface area contributed by atoms with E-state index in [9.17, 15) is 0 Å². The van der Waals surface area contributed by atoms with Crippen LogP contribution in [0.15, 0.2) is 12.6 Å². The van der Waals surface area contributed by atoms with Crippen molar-refractivity contribution in [2.24, 2.45) is 5.92 Å². The molecule has 0 saturated carbocycles. The maximum absolute atomic E-state index is 3.99. The van der Waals surface area contributed by atoms with Crippen molar-refractivity contribution >= 4 is 17.5 Å². The molecule has 21 heavy (non-hydrogen) atoms. The number of fused-ring (bicyclic) bond motifs is 1. The molecular formula is C19H30N2. The van der Waals surface area contributed by atoms with Crippen molar-refractivity contribution in [3.63, 3.8) is 0 Å². The van der Waals surface area contributed by atoms with Crippen LogP contribution in [0.3, 0.4) is 0 Å². The predicted octanol–water partition coefficient (Wildman–Crippen LogP) is 5.10. The van der Waals surface area contributed by atoms with Crippen molar-refractivity contribution in [3.8, 4) is 0 Å². The average Bonchev–Trinajstić information content (AvgIpc) is 2.46. The van der Waals surface area contributed by atoms with Gasteiger partial charge in [0.2, 0.25) is 0 Å². The maximum atomic E-state index is 3.99. The number of hydrogen-bond donors (Lipinski definition) is 2. The molecule has 0 amide bonds. The first-order chi connectivity index (χ1) is 10.1. The zero-order valence-corrected chi connectivity index (χ0v) is 14.1. The zero-order valence-electron chi connectivity index (χ0n) is 14.1. The van der Waals surface area contributed by atoms with E-state index in [1.165, 1.54) is 60.2 Å². The molecule has 1 aromatic rings. The Morgan fingerprint density at radius 1 is 1.19 bits per heavy atom. The van der Waals surface area contributed by atoms with E-state index in [0.717, 1.165) is 5.92 Å². The van der Waals surface area contributed by atoms with Crippen LogP contribution in [-0.2, 0) is 12.8 Å². The first-order valence-electron chi connectivity index (χ1n) is 8.32. The Morgan fingerprint density at radius 2 is 1.86 bits per heavy atom. The minimum atomic E-state index is 0.508. The number of nitrogens with one attached hydrogen (secondary N) is 2. The molecular weight excluding hydrogens is 256 g/mol. The summed E-state index contributed by atoms with van der Waals surface area (Å²) in [5.74, 6) is 0.721. The lowest BCUT2D eigenvalue weighted by Crippen LogP contribution is -2.20. The lowest BCUT2D eigenvalue weighted by molar-refractivity contribution is 0.539. The second kappa shape index (κ2) is 7.02. The molecule has 0 heterocycles. The summed E-state index contributed by atoms with van der Waals surface area (Å²) in [6.07, 6.45) is 8.14. The highest BCUT2D eigenvalue weighted by molar-refractivity contribution is 5.77. The monoisotopic (exact) mass is 286 g/mol. The van der Waals surface area contributed by atoms with Crippen molar-refractivity contribution in [1.82, 2.24) is 0 Å². The summed E-state index contributed by atoms with van der Waals surface area (Å²) < 4.78 is 0. The summed E-state index contributed by atoms with van der Waals surface area (Å²) in [5, 5.41) is 7.14. The molecule has 2 N–H and O–H groups in total. The molecule has 0 radical (unpaired) electrons. The third-order valence-electron chi connectivity index (χ3n) is 4.38. The molecule has 0 saturated heterocycles. The quantitative estimate of drug-likeness (QED) is 0.760. The second-order valence-electron chi connectivity index (χ2n) is 6.68. The lowest BCUT2D eigenvalue weighted by Gasteiger charge is -2.27. The molecule has 2 nitrogen and oxygen atoms in total. The molecule has 116 valence electrons. The number of rotatable bonds is 6. The lowest BCUT2D eigenvalue weighted by atomic mass is 9.86. The van der Waals surface area contributed by atoms with Crippen molar-refractivity contribution in [1.29, 1.82) is 0 Å². The molecule has 0 spiro atoms. The minimum absolute atomic E-state index is 0.508. The minimum Gasteiger partial charge on any atom is -0.387 e.